The Morgan fingerprint density at radius 3 is 2.71 bits per heavy atom. The van der Waals surface area contributed by atoms with E-state index in [1.165, 1.54) is 0 Å². The lowest BCUT2D eigenvalue weighted by molar-refractivity contribution is 0.102. The van der Waals surface area contributed by atoms with Gasteiger partial charge in [0.2, 0.25) is 9.47 Å². The summed E-state index contributed by atoms with van der Waals surface area (Å²) in [5.41, 5.74) is 2.32. The van der Waals surface area contributed by atoms with Crippen LogP contribution in [-0.4, -0.2) is 21.1 Å². The van der Waals surface area contributed by atoms with Crippen molar-refractivity contribution in [1.82, 2.24) is 15.2 Å². The lowest BCUT2D eigenvalue weighted by Crippen LogP contribution is -2.13. The van der Waals surface area contributed by atoms with Crippen LogP contribution in [0.25, 0.3) is 0 Å². The molecule has 0 aliphatic rings. The van der Waals surface area contributed by atoms with Gasteiger partial charge < -0.3 is 5.32 Å². The zero-order chi connectivity index (χ0) is 12.4. The van der Waals surface area contributed by atoms with Crippen molar-refractivity contribution < 1.29 is 4.79 Å². The van der Waals surface area contributed by atoms with Crippen LogP contribution in [0.3, 0.4) is 0 Å². The number of aryl methyl sites for hydroxylation is 2. The first-order chi connectivity index (χ1) is 8.06. The van der Waals surface area contributed by atoms with Gasteiger partial charge in [0, 0.05) is 5.69 Å². The number of hydrogen-bond donors (Lipinski definition) is 1. The topological polar surface area (TPSA) is 67.8 Å². The Morgan fingerprint density at radius 2 is 2.12 bits per heavy atom. The molecule has 7 heteroatoms. The first-order valence-electron chi connectivity index (χ1n) is 4.81. The largest absolute Gasteiger partial charge is 0.318 e. The molecule has 0 radical (unpaired) electrons. The molecule has 0 fully saturated rings. The number of halogens is 1. The highest BCUT2D eigenvalue weighted by molar-refractivity contribution is 7.17. The molecular formula is C10H9ClN4OS. The Balaban J connectivity index is 2.18. The van der Waals surface area contributed by atoms with Crippen molar-refractivity contribution in [2.45, 2.75) is 13.8 Å². The summed E-state index contributed by atoms with van der Waals surface area (Å²) >= 11 is 6.65. The average molecular weight is 269 g/mol. The van der Waals surface area contributed by atoms with Gasteiger partial charge in [-0.3, -0.25) is 9.78 Å². The fraction of sp³-hybridized carbons (Fsp3) is 0.200. The number of anilines is 1. The third-order valence-electron chi connectivity index (χ3n) is 2.07. The SMILES string of the molecule is Cc1ccc(NC(=O)c2nnc(Cl)s2)c(C)n1. The Bertz CT molecular complexity index is 569. The lowest BCUT2D eigenvalue weighted by Gasteiger charge is -2.06. The summed E-state index contributed by atoms with van der Waals surface area (Å²) in [5.74, 6) is -0.330. The van der Waals surface area contributed by atoms with Gasteiger partial charge in [-0.15, -0.1) is 10.2 Å². The molecule has 17 heavy (non-hydrogen) atoms. The highest BCUT2D eigenvalue weighted by Crippen LogP contribution is 2.18. The quantitative estimate of drug-likeness (QED) is 0.908. The molecular weight excluding hydrogens is 260 g/mol. The summed E-state index contributed by atoms with van der Waals surface area (Å²) in [6.07, 6.45) is 0. The number of carbonyl (C=O) groups excluding carboxylic acids is 1. The van der Waals surface area contributed by atoms with Gasteiger partial charge >= 0.3 is 0 Å². The number of nitrogens with zero attached hydrogens (tertiary/aromatic N) is 3. The standard InChI is InChI=1S/C10H9ClN4OS/c1-5-3-4-7(6(2)12-5)13-8(16)9-14-15-10(11)17-9/h3-4H,1-2H3,(H,13,16). The molecule has 0 unspecified atom stereocenters. The number of carbonyl (C=O) groups is 1. The monoisotopic (exact) mass is 268 g/mol. The zero-order valence-electron chi connectivity index (χ0n) is 9.19. The maximum atomic E-state index is 11.8. The molecule has 0 aromatic carbocycles. The van der Waals surface area contributed by atoms with E-state index in [1.54, 1.807) is 6.07 Å². The van der Waals surface area contributed by atoms with Gasteiger partial charge in [0.1, 0.15) is 0 Å². The van der Waals surface area contributed by atoms with Crippen LogP contribution in [0.1, 0.15) is 21.2 Å². The number of amides is 1. The first-order valence-corrected chi connectivity index (χ1v) is 6.00. The second-order valence-electron chi connectivity index (χ2n) is 3.40. The summed E-state index contributed by atoms with van der Waals surface area (Å²) in [7, 11) is 0. The van der Waals surface area contributed by atoms with Gasteiger partial charge in [0.25, 0.3) is 5.91 Å². The first kappa shape index (κ1) is 11.9. The number of pyridine rings is 1. The molecule has 1 amide bonds. The van der Waals surface area contributed by atoms with Crippen molar-refractivity contribution in [3.8, 4) is 0 Å². The molecule has 1 N–H and O–H groups in total. The van der Waals surface area contributed by atoms with Crippen molar-refractivity contribution >= 4 is 34.5 Å². The van der Waals surface area contributed by atoms with E-state index in [2.05, 4.69) is 20.5 Å². The second kappa shape index (κ2) is 4.77. The Kier molecular flexibility index (Phi) is 3.35. The van der Waals surface area contributed by atoms with Crippen LogP contribution in [0.15, 0.2) is 12.1 Å². The van der Waals surface area contributed by atoms with Crippen molar-refractivity contribution in [2.75, 3.05) is 5.32 Å². The molecule has 0 bridgehead atoms. The minimum atomic E-state index is -0.330. The number of aromatic nitrogens is 3. The van der Waals surface area contributed by atoms with Crippen LogP contribution in [0, 0.1) is 13.8 Å². The smallest absolute Gasteiger partial charge is 0.286 e. The Labute approximate surface area is 107 Å². The second-order valence-corrected chi connectivity index (χ2v) is 4.96. The minimum absolute atomic E-state index is 0.231. The molecule has 88 valence electrons. The third kappa shape index (κ3) is 2.78. The van der Waals surface area contributed by atoms with Crippen molar-refractivity contribution in [3.05, 3.63) is 33.0 Å². The van der Waals surface area contributed by atoms with E-state index in [4.69, 9.17) is 11.6 Å². The fourth-order valence-corrected chi connectivity index (χ4v) is 2.02. The maximum absolute atomic E-state index is 11.8. The summed E-state index contributed by atoms with van der Waals surface area (Å²) in [6.45, 7) is 3.72. The van der Waals surface area contributed by atoms with Gasteiger partial charge in [-0.2, -0.15) is 0 Å². The molecule has 2 rings (SSSR count). The van der Waals surface area contributed by atoms with Crippen molar-refractivity contribution in [2.24, 2.45) is 0 Å². The molecule has 2 aromatic rings. The molecule has 0 saturated heterocycles. The van der Waals surface area contributed by atoms with Gasteiger partial charge in [0.05, 0.1) is 11.4 Å². The average Bonchev–Trinajstić information content (AvgIpc) is 2.69. The molecule has 0 saturated carbocycles. The minimum Gasteiger partial charge on any atom is -0.318 e. The van der Waals surface area contributed by atoms with E-state index >= 15 is 0 Å². The Morgan fingerprint density at radius 1 is 1.35 bits per heavy atom. The third-order valence-corrected chi connectivity index (χ3v) is 3.09. The van der Waals surface area contributed by atoms with Gasteiger partial charge in [0.15, 0.2) is 0 Å². The highest BCUT2D eigenvalue weighted by Gasteiger charge is 2.13. The normalized spacial score (nSPS) is 10.3. The van der Waals surface area contributed by atoms with Crippen LogP contribution < -0.4 is 5.32 Å². The van der Waals surface area contributed by atoms with Crippen LogP contribution in [0.2, 0.25) is 4.47 Å². The van der Waals surface area contributed by atoms with E-state index in [0.29, 0.717) is 5.69 Å². The lowest BCUT2D eigenvalue weighted by atomic mass is 10.3. The van der Waals surface area contributed by atoms with Crippen LogP contribution in [0.5, 0.6) is 0 Å². The van der Waals surface area contributed by atoms with E-state index in [9.17, 15) is 4.79 Å². The summed E-state index contributed by atoms with van der Waals surface area (Å²) in [6, 6.07) is 3.63. The van der Waals surface area contributed by atoms with E-state index in [1.807, 2.05) is 19.9 Å². The number of nitrogens with one attached hydrogen (secondary N) is 1. The summed E-state index contributed by atoms with van der Waals surface area (Å²) < 4.78 is 0.244. The number of hydrogen-bond acceptors (Lipinski definition) is 5. The van der Waals surface area contributed by atoms with Crippen molar-refractivity contribution in [1.29, 1.82) is 0 Å². The van der Waals surface area contributed by atoms with Gasteiger partial charge in [-0.05, 0) is 37.6 Å². The predicted octanol–water partition coefficient (Wildman–Crippen LogP) is 2.46. The van der Waals surface area contributed by atoms with E-state index in [-0.39, 0.29) is 15.4 Å². The molecule has 2 aromatic heterocycles. The molecule has 2 heterocycles. The van der Waals surface area contributed by atoms with Crippen LogP contribution >= 0.6 is 22.9 Å². The highest BCUT2D eigenvalue weighted by atomic mass is 35.5. The summed E-state index contributed by atoms with van der Waals surface area (Å²) in [5, 5.41) is 10.2. The number of rotatable bonds is 2. The van der Waals surface area contributed by atoms with Gasteiger partial charge in [-0.1, -0.05) is 11.3 Å². The molecule has 0 aliphatic heterocycles. The van der Waals surface area contributed by atoms with Gasteiger partial charge in [-0.25, -0.2) is 0 Å². The predicted molar refractivity (Wildman–Crippen MR) is 66.6 cm³/mol. The maximum Gasteiger partial charge on any atom is 0.286 e. The fourth-order valence-electron chi connectivity index (χ4n) is 1.29. The molecule has 0 atom stereocenters. The zero-order valence-corrected chi connectivity index (χ0v) is 10.8. The molecule has 0 spiro atoms. The van der Waals surface area contributed by atoms with E-state index < -0.39 is 0 Å². The Hall–Kier alpha value is -1.53. The molecule has 5 nitrogen and oxygen atoms in total. The van der Waals surface area contributed by atoms with Crippen LogP contribution in [-0.2, 0) is 0 Å². The summed E-state index contributed by atoms with van der Waals surface area (Å²) in [4.78, 5) is 16.0. The van der Waals surface area contributed by atoms with Crippen molar-refractivity contribution in [3.63, 3.8) is 0 Å². The van der Waals surface area contributed by atoms with Crippen LogP contribution in [0.4, 0.5) is 5.69 Å². The van der Waals surface area contributed by atoms with E-state index in [0.717, 1.165) is 22.7 Å². The molecule has 0 aliphatic carbocycles.